The first kappa shape index (κ1) is 26.3. The molecule has 1 amide bonds. The van der Waals surface area contributed by atoms with Crippen LogP contribution in [0.5, 0.6) is 0 Å². The average Bonchev–Trinajstić information content (AvgIpc) is 2.78. The topological polar surface area (TPSA) is 55.1 Å². The fourth-order valence-electron chi connectivity index (χ4n) is 3.94. The Morgan fingerprint density at radius 2 is 1.14 bits per heavy atom. The first-order chi connectivity index (χ1) is 16.2. The van der Waals surface area contributed by atoms with Crippen LogP contribution < -0.4 is 11.1 Å². The Labute approximate surface area is 199 Å². The van der Waals surface area contributed by atoms with Crippen molar-refractivity contribution >= 4 is 5.91 Å². The van der Waals surface area contributed by atoms with E-state index in [1.165, 1.54) is 24.3 Å². The normalized spacial score (nSPS) is 15.7. The van der Waals surface area contributed by atoms with Gasteiger partial charge in [-0.25, -0.2) is 0 Å². The van der Waals surface area contributed by atoms with Crippen LogP contribution in [0.2, 0.25) is 0 Å². The number of nitrogens with one attached hydrogen (secondary N) is 1. The van der Waals surface area contributed by atoms with Crippen LogP contribution in [0.1, 0.15) is 53.6 Å². The molecule has 3 aromatic carbocycles. The fourth-order valence-corrected chi connectivity index (χ4v) is 3.94. The minimum Gasteiger partial charge on any atom is -0.349 e. The molecule has 0 aromatic heterocycles. The maximum atomic E-state index is 13.4. The summed E-state index contributed by atoms with van der Waals surface area (Å²) in [5.74, 6) is -1.52. The van der Waals surface area contributed by atoms with Crippen molar-refractivity contribution in [3.8, 4) is 0 Å². The molecule has 35 heavy (non-hydrogen) atoms. The Morgan fingerprint density at radius 1 is 0.714 bits per heavy atom. The van der Waals surface area contributed by atoms with Gasteiger partial charge in [0.1, 0.15) is 0 Å². The lowest BCUT2D eigenvalue weighted by Gasteiger charge is -2.35. The molecular weight excluding hydrogens is 470 g/mol. The molecule has 0 fully saturated rings. The highest BCUT2D eigenvalue weighted by atomic mass is 19.4. The van der Waals surface area contributed by atoms with Crippen LogP contribution in [0.4, 0.5) is 26.3 Å². The van der Waals surface area contributed by atoms with Gasteiger partial charge >= 0.3 is 12.4 Å². The summed E-state index contributed by atoms with van der Waals surface area (Å²) in [5.41, 5.74) is 4.84. The molecule has 3 rings (SSSR count). The van der Waals surface area contributed by atoms with Crippen molar-refractivity contribution in [1.82, 2.24) is 5.32 Å². The lowest BCUT2D eigenvalue weighted by molar-refractivity contribution is -0.138. The number of rotatable bonds is 6. The summed E-state index contributed by atoms with van der Waals surface area (Å²) in [7, 11) is 0. The van der Waals surface area contributed by atoms with Crippen molar-refractivity contribution in [2.75, 3.05) is 0 Å². The average molecular weight is 494 g/mol. The number of nitrogens with two attached hydrogens (primary N) is 1. The number of benzene rings is 3. The molecule has 0 heterocycles. The van der Waals surface area contributed by atoms with Crippen molar-refractivity contribution in [2.24, 2.45) is 5.73 Å². The summed E-state index contributed by atoms with van der Waals surface area (Å²) in [5, 5.41) is 2.78. The van der Waals surface area contributed by atoms with E-state index in [2.05, 4.69) is 5.32 Å². The third kappa shape index (κ3) is 6.03. The Morgan fingerprint density at radius 3 is 1.60 bits per heavy atom. The highest BCUT2D eigenvalue weighted by Gasteiger charge is 2.40. The van der Waals surface area contributed by atoms with Gasteiger partial charge < -0.3 is 11.1 Å². The molecule has 0 saturated carbocycles. The van der Waals surface area contributed by atoms with E-state index in [9.17, 15) is 31.1 Å². The lowest BCUT2D eigenvalue weighted by Crippen LogP contribution is -2.47. The zero-order chi connectivity index (χ0) is 26.0. The lowest BCUT2D eigenvalue weighted by atomic mass is 9.75. The maximum Gasteiger partial charge on any atom is 0.416 e. The van der Waals surface area contributed by atoms with E-state index in [1.807, 2.05) is 0 Å². The van der Waals surface area contributed by atoms with Gasteiger partial charge in [0.15, 0.2) is 0 Å². The molecule has 2 unspecified atom stereocenters. The van der Waals surface area contributed by atoms with E-state index in [4.69, 9.17) is 5.73 Å². The number of hydrogen-bond donors (Lipinski definition) is 2. The molecule has 186 valence electrons. The van der Waals surface area contributed by atoms with E-state index < -0.39 is 46.9 Å². The van der Waals surface area contributed by atoms with Crippen LogP contribution >= 0.6 is 0 Å². The maximum absolute atomic E-state index is 13.4. The fraction of sp³-hybridized carbons (Fsp3) is 0.269. The van der Waals surface area contributed by atoms with Gasteiger partial charge in [0.25, 0.3) is 0 Å². The van der Waals surface area contributed by atoms with Crippen molar-refractivity contribution < 1.29 is 31.1 Å². The van der Waals surface area contributed by atoms with Gasteiger partial charge in [0.05, 0.1) is 28.6 Å². The minimum absolute atomic E-state index is 0.316. The zero-order valence-corrected chi connectivity index (χ0v) is 18.9. The highest BCUT2D eigenvalue weighted by molar-refractivity contribution is 5.86. The first-order valence-electron chi connectivity index (χ1n) is 10.7. The van der Waals surface area contributed by atoms with E-state index in [-0.39, 0.29) is 0 Å². The summed E-state index contributed by atoms with van der Waals surface area (Å²) in [6.45, 7) is 3.17. The largest absolute Gasteiger partial charge is 0.416 e. The third-order valence-corrected chi connectivity index (χ3v) is 5.93. The summed E-state index contributed by atoms with van der Waals surface area (Å²) < 4.78 is 77.6. The van der Waals surface area contributed by atoms with Gasteiger partial charge in [0, 0.05) is 0 Å². The highest BCUT2D eigenvalue weighted by Crippen LogP contribution is 2.37. The second-order valence-electron chi connectivity index (χ2n) is 8.55. The van der Waals surface area contributed by atoms with E-state index >= 15 is 0 Å². The molecule has 0 aliphatic rings. The summed E-state index contributed by atoms with van der Waals surface area (Å²) in [6.07, 6.45) is -9.00. The van der Waals surface area contributed by atoms with E-state index in [0.717, 1.165) is 24.3 Å². The predicted molar refractivity (Wildman–Crippen MR) is 120 cm³/mol. The molecule has 0 aliphatic carbocycles. The number of halogens is 6. The monoisotopic (exact) mass is 494 g/mol. The van der Waals surface area contributed by atoms with E-state index in [0.29, 0.717) is 16.7 Å². The SMILES string of the molecule is CC(NC(=O)C(c1ccccc1)[C@@](C)(N)c1ccc(C(F)(F)F)cc1)c1ccc(C(F)(F)F)cc1. The van der Waals surface area contributed by atoms with Crippen LogP contribution in [0.3, 0.4) is 0 Å². The van der Waals surface area contributed by atoms with Gasteiger partial charge in [-0.15, -0.1) is 0 Å². The molecule has 0 spiro atoms. The zero-order valence-electron chi connectivity index (χ0n) is 18.9. The Bertz CT molecular complexity index is 1140. The quantitative estimate of drug-likeness (QED) is 0.382. The van der Waals surface area contributed by atoms with Crippen molar-refractivity contribution in [3.05, 3.63) is 107 Å². The van der Waals surface area contributed by atoms with Crippen molar-refractivity contribution in [3.63, 3.8) is 0 Å². The molecule has 3 nitrogen and oxygen atoms in total. The predicted octanol–water partition coefficient (Wildman–Crippen LogP) is 6.56. The number of amides is 1. The standard InChI is InChI=1S/C26H24F6N2O/c1-16(17-8-10-20(11-9-17)25(27,28)29)34-23(35)22(18-6-4-3-5-7-18)24(2,33)19-12-14-21(15-13-19)26(30,31)32/h3-16,22H,33H2,1-2H3,(H,34,35)/t16?,22?,24-/m0/s1. The number of carbonyl (C=O) groups excluding carboxylic acids is 1. The molecule has 0 aliphatic heterocycles. The minimum atomic E-state index is -4.52. The van der Waals surface area contributed by atoms with Crippen LogP contribution in [0.25, 0.3) is 0 Å². The summed E-state index contributed by atoms with van der Waals surface area (Å²) >= 11 is 0. The molecule has 3 atom stereocenters. The second-order valence-corrected chi connectivity index (χ2v) is 8.55. The molecule has 3 N–H and O–H groups in total. The van der Waals surface area contributed by atoms with Gasteiger partial charge in [0.2, 0.25) is 5.91 Å². The van der Waals surface area contributed by atoms with Crippen LogP contribution in [-0.2, 0) is 22.7 Å². The Hall–Kier alpha value is -3.33. The number of carbonyl (C=O) groups is 1. The Balaban J connectivity index is 1.91. The van der Waals surface area contributed by atoms with Crippen LogP contribution in [-0.4, -0.2) is 5.91 Å². The first-order valence-corrected chi connectivity index (χ1v) is 10.7. The van der Waals surface area contributed by atoms with Gasteiger partial charge in [-0.2, -0.15) is 26.3 Å². The summed E-state index contributed by atoms with van der Waals surface area (Å²) in [6, 6.07) is 16.6. The number of alkyl halides is 6. The molecule has 9 heteroatoms. The molecule has 0 bridgehead atoms. The van der Waals surface area contributed by atoms with Gasteiger partial charge in [-0.1, -0.05) is 54.6 Å². The Kier molecular flexibility index (Phi) is 7.31. The molecule has 0 saturated heterocycles. The van der Waals surface area contributed by atoms with Crippen LogP contribution in [0.15, 0.2) is 78.9 Å². The van der Waals surface area contributed by atoms with Gasteiger partial charge in [-0.05, 0) is 54.8 Å². The molecular formula is C26H24F6N2O. The molecule has 0 radical (unpaired) electrons. The second kappa shape index (κ2) is 9.73. The summed E-state index contributed by atoms with van der Waals surface area (Å²) in [4.78, 5) is 13.4. The smallest absolute Gasteiger partial charge is 0.349 e. The van der Waals surface area contributed by atoms with Gasteiger partial charge in [-0.3, -0.25) is 4.79 Å². The van der Waals surface area contributed by atoms with Crippen molar-refractivity contribution in [1.29, 1.82) is 0 Å². The molecule has 3 aromatic rings. The van der Waals surface area contributed by atoms with E-state index in [1.54, 1.807) is 44.2 Å². The third-order valence-electron chi connectivity index (χ3n) is 5.93. The van der Waals surface area contributed by atoms with Crippen LogP contribution in [0, 0.1) is 0 Å². The number of hydrogen-bond acceptors (Lipinski definition) is 2. The van der Waals surface area contributed by atoms with Crippen molar-refractivity contribution in [2.45, 2.75) is 43.7 Å².